The van der Waals surface area contributed by atoms with E-state index < -0.39 is 29.4 Å². The molecule has 0 amide bonds. The van der Waals surface area contributed by atoms with E-state index in [-0.39, 0.29) is 34.7 Å². The number of H-pyrrole nitrogens is 1. The van der Waals surface area contributed by atoms with Gasteiger partial charge in [0, 0.05) is 41.3 Å². The van der Waals surface area contributed by atoms with Crippen LogP contribution in [-0.4, -0.2) is 45.9 Å². The van der Waals surface area contributed by atoms with E-state index in [4.69, 9.17) is 11.5 Å². The molecule has 4 aromatic rings. The van der Waals surface area contributed by atoms with E-state index in [1.54, 1.807) is 19.1 Å². The molecule has 0 aliphatic heterocycles. The lowest BCUT2D eigenvalue weighted by molar-refractivity contribution is -0.275. The standard InChI is InChI=1S/C35H42F5N7O2/c1-3-6-29(44-14-5-13-43-20(2)41)25-12-11-24(18-27(25)36)47-19-23-17-30(45-33(23)46-34(47)48)26-15-21(7-4-8-28(42)22-9-10-22)16-31(32(26)37)49-35(38,39)40/h11-12,15-19,22,28-29,44H,3-10,13-14,42H2,1-2H3,(H2,41,43)(H,45,46,48). The Morgan fingerprint density at radius 2 is 1.94 bits per heavy atom. The number of aromatic nitrogens is 3. The second kappa shape index (κ2) is 15.5. The molecular weight excluding hydrogens is 645 g/mol. The minimum atomic E-state index is -5.10. The summed E-state index contributed by atoms with van der Waals surface area (Å²) in [4.78, 5) is 24.2. The molecule has 2 aromatic heterocycles. The third-order valence-corrected chi connectivity index (χ3v) is 8.66. The molecule has 2 atom stereocenters. The molecule has 1 fully saturated rings. The minimum Gasteiger partial charge on any atom is -0.403 e. The number of aromatic amines is 1. The van der Waals surface area contributed by atoms with Crippen LogP contribution in [0, 0.1) is 17.6 Å². The molecule has 2 aromatic carbocycles. The lowest BCUT2D eigenvalue weighted by atomic mass is 9.99. The molecule has 49 heavy (non-hydrogen) atoms. The maximum atomic E-state index is 15.5. The van der Waals surface area contributed by atoms with Crippen LogP contribution >= 0.6 is 0 Å². The van der Waals surface area contributed by atoms with Gasteiger partial charge in [-0.05, 0) is 100 Å². The van der Waals surface area contributed by atoms with Crippen LogP contribution in [0.5, 0.6) is 5.75 Å². The van der Waals surface area contributed by atoms with Gasteiger partial charge in [0.25, 0.3) is 0 Å². The summed E-state index contributed by atoms with van der Waals surface area (Å²) in [5, 5.41) is 3.73. The number of nitrogens with two attached hydrogens (primary N) is 2. The first-order valence-electron chi connectivity index (χ1n) is 16.6. The normalized spacial score (nSPS) is 15.1. The van der Waals surface area contributed by atoms with Gasteiger partial charge in [0.2, 0.25) is 0 Å². The predicted octanol–water partition coefficient (Wildman–Crippen LogP) is 6.82. The van der Waals surface area contributed by atoms with E-state index in [0.717, 1.165) is 36.3 Å². The average molecular weight is 688 g/mol. The molecule has 2 unspecified atom stereocenters. The summed E-state index contributed by atoms with van der Waals surface area (Å²) in [6, 6.07) is 8.25. The topological polar surface area (TPSA) is 136 Å². The van der Waals surface area contributed by atoms with Crippen molar-refractivity contribution < 1.29 is 26.7 Å². The number of aliphatic imine (C=N–C) groups is 1. The Hall–Kier alpha value is -4.30. The van der Waals surface area contributed by atoms with Crippen LogP contribution in [0.4, 0.5) is 22.0 Å². The second-order valence-electron chi connectivity index (χ2n) is 12.7. The second-order valence-corrected chi connectivity index (χ2v) is 12.7. The van der Waals surface area contributed by atoms with Gasteiger partial charge in [-0.1, -0.05) is 19.4 Å². The third kappa shape index (κ3) is 9.44. The molecule has 1 aliphatic carbocycles. The predicted molar refractivity (Wildman–Crippen MR) is 180 cm³/mol. The Bertz CT molecular complexity index is 1840. The SMILES string of the molecule is CCCC(NCCCN=C(C)N)c1ccc(-n2cc3cc(-c4cc(CCCC(N)C5CC5)cc(OC(F)(F)F)c4F)[nH]c3nc2=O)cc1F. The van der Waals surface area contributed by atoms with Crippen molar-refractivity contribution in [3.05, 3.63) is 75.8 Å². The fourth-order valence-corrected chi connectivity index (χ4v) is 6.04. The Morgan fingerprint density at radius 3 is 2.61 bits per heavy atom. The van der Waals surface area contributed by atoms with E-state index in [0.29, 0.717) is 67.0 Å². The van der Waals surface area contributed by atoms with Crippen molar-refractivity contribution >= 4 is 16.9 Å². The van der Waals surface area contributed by atoms with Crippen molar-refractivity contribution in [3.8, 4) is 22.7 Å². The van der Waals surface area contributed by atoms with Gasteiger partial charge in [-0.3, -0.25) is 9.56 Å². The smallest absolute Gasteiger partial charge is 0.403 e. The summed E-state index contributed by atoms with van der Waals surface area (Å²) in [6.45, 7) is 4.90. The van der Waals surface area contributed by atoms with E-state index in [9.17, 15) is 18.0 Å². The number of nitrogens with zero attached hydrogens (tertiary/aromatic N) is 3. The van der Waals surface area contributed by atoms with Gasteiger partial charge in [0.15, 0.2) is 11.6 Å². The van der Waals surface area contributed by atoms with Gasteiger partial charge in [-0.15, -0.1) is 13.2 Å². The molecule has 1 aliphatic rings. The number of rotatable bonds is 16. The van der Waals surface area contributed by atoms with Gasteiger partial charge in [-0.25, -0.2) is 13.6 Å². The summed E-state index contributed by atoms with van der Waals surface area (Å²) >= 11 is 0. The Labute approximate surface area is 281 Å². The molecule has 264 valence electrons. The average Bonchev–Trinajstić information content (AvgIpc) is 3.80. The van der Waals surface area contributed by atoms with E-state index in [1.165, 1.54) is 24.4 Å². The van der Waals surface area contributed by atoms with Crippen molar-refractivity contribution in [2.45, 2.75) is 83.7 Å². The molecule has 0 bridgehead atoms. The summed E-state index contributed by atoms with van der Waals surface area (Å²) in [5.74, 6) is -1.69. The van der Waals surface area contributed by atoms with Crippen LogP contribution < -0.4 is 27.2 Å². The zero-order chi connectivity index (χ0) is 35.3. The number of aryl methyl sites for hydroxylation is 1. The molecule has 6 N–H and O–H groups in total. The molecule has 0 radical (unpaired) electrons. The van der Waals surface area contributed by atoms with Gasteiger partial charge in [0.05, 0.1) is 17.2 Å². The lowest BCUT2D eigenvalue weighted by Crippen LogP contribution is -2.25. The van der Waals surface area contributed by atoms with Crippen LogP contribution in [0.1, 0.15) is 76.0 Å². The fourth-order valence-electron chi connectivity index (χ4n) is 6.04. The number of benzene rings is 2. The molecular formula is C35H42F5N7O2. The summed E-state index contributed by atoms with van der Waals surface area (Å²) in [7, 11) is 0. The summed E-state index contributed by atoms with van der Waals surface area (Å²) in [6.07, 6.45) is 2.38. The van der Waals surface area contributed by atoms with Crippen molar-refractivity contribution in [3.63, 3.8) is 0 Å². The minimum absolute atomic E-state index is 0.0225. The molecule has 2 heterocycles. The van der Waals surface area contributed by atoms with Gasteiger partial charge < -0.3 is 26.5 Å². The lowest BCUT2D eigenvalue weighted by Gasteiger charge is -2.20. The van der Waals surface area contributed by atoms with E-state index in [1.807, 2.05) is 6.92 Å². The van der Waals surface area contributed by atoms with E-state index in [2.05, 4.69) is 25.0 Å². The number of amidine groups is 1. The number of fused-ring (bicyclic) bond motifs is 1. The molecule has 0 spiro atoms. The summed E-state index contributed by atoms with van der Waals surface area (Å²) in [5.41, 5.74) is 12.2. The number of hydrogen-bond donors (Lipinski definition) is 4. The maximum Gasteiger partial charge on any atom is 0.573 e. The zero-order valence-corrected chi connectivity index (χ0v) is 27.5. The van der Waals surface area contributed by atoms with Gasteiger partial charge >= 0.3 is 12.1 Å². The van der Waals surface area contributed by atoms with Crippen molar-refractivity contribution in [1.82, 2.24) is 19.9 Å². The zero-order valence-electron chi connectivity index (χ0n) is 27.5. The number of ether oxygens (including phenoxy) is 1. The molecule has 0 saturated heterocycles. The Balaban J connectivity index is 1.41. The van der Waals surface area contributed by atoms with Gasteiger partial charge in [-0.2, -0.15) is 4.98 Å². The van der Waals surface area contributed by atoms with Gasteiger partial charge in [0.1, 0.15) is 11.5 Å². The monoisotopic (exact) mass is 687 g/mol. The van der Waals surface area contributed by atoms with Crippen LogP contribution in [0.15, 0.2) is 52.4 Å². The third-order valence-electron chi connectivity index (χ3n) is 8.66. The number of nitrogens with one attached hydrogen (secondary N) is 2. The van der Waals surface area contributed by atoms with Crippen LogP contribution in [0.3, 0.4) is 0 Å². The van der Waals surface area contributed by atoms with Crippen molar-refractivity contribution in [2.24, 2.45) is 22.4 Å². The van der Waals surface area contributed by atoms with Crippen LogP contribution in [0.25, 0.3) is 28.0 Å². The highest BCUT2D eigenvalue weighted by atomic mass is 19.4. The van der Waals surface area contributed by atoms with Crippen molar-refractivity contribution in [2.75, 3.05) is 13.1 Å². The van der Waals surface area contributed by atoms with E-state index >= 15 is 8.78 Å². The first kappa shape index (κ1) is 36.0. The highest BCUT2D eigenvalue weighted by Crippen LogP contribution is 2.36. The molecule has 1 saturated carbocycles. The highest BCUT2D eigenvalue weighted by molar-refractivity contribution is 5.83. The first-order chi connectivity index (χ1) is 23.3. The van der Waals surface area contributed by atoms with Crippen LogP contribution in [-0.2, 0) is 6.42 Å². The van der Waals surface area contributed by atoms with Crippen LogP contribution in [0.2, 0.25) is 0 Å². The Kier molecular flexibility index (Phi) is 11.4. The largest absolute Gasteiger partial charge is 0.573 e. The number of hydrogen-bond acceptors (Lipinski definition) is 6. The highest BCUT2D eigenvalue weighted by Gasteiger charge is 2.33. The number of alkyl halides is 3. The summed E-state index contributed by atoms with van der Waals surface area (Å²) < 4.78 is 75.9. The number of halogens is 5. The van der Waals surface area contributed by atoms with Crippen molar-refractivity contribution in [1.29, 1.82) is 0 Å². The Morgan fingerprint density at radius 1 is 1.16 bits per heavy atom. The maximum absolute atomic E-state index is 15.5. The molecule has 5 rings (SSSR count). The molecule has 14 heteroatoms. The first-order valence-corrected chi connectivity index (χ1v) is 16.6. The molecule has 9 nitrogen and oxygen atoms in total. The quantitative estimate of drug-likeness (QED) is 0.0442. The fraction of sp³-hybridized carbons (Fsp3) is 0.457.